The summed E-state index contributed by atoms with van der Waals surface area (Å²) in [7, 11) is 0. The number of halogens is 1. The number of carbonyl (C=O) groups is 1. The molecule has 1 aliphatic heterocycles. The Labute approximate surface area is 141 Å². The van der Waals surface area contributed by atoms with Gasteiger partial charge in [-0.05, 0) is 62.9 Å². The molecule has 2 rings (SSSR count). The number of carbonyl (C=O) groups excluding carboxylic acids is 1. The SMILES string of the molecule is O=C(CCCOc1cccc(Br)c1)NCCC1CCCNC1. The highest BCUT2D eigenvalue weighted by Gasteiger charge is 2.12. The fourth-order valence-corrected chi connectivity index (χ4v) is 3.03. The molecular weight excluding hydrogens is 344 g/mol. The van der Waals surface area contributed by atoms with Gasteiger partial charge < -0.3 is 15.4 Å². The number of piperidine rings is 1. The fourth-order valence-electron chi connectivity index (χ4n) is 2.65. The lowest BCUT2D eigenvalue weighted by Gasteiger charge is -2.22. The van der Waals surface area contributed by atoms with Gasteiger partial charge in [-0.3, -0.25) is 4.79 Å². The molecule has 22 heavy (non-hydrogen) atoms. The average molecular weight is 369 g/mol. The third-order valence-electron chi connectivity index (χ3n) is 3.89. The summed E-state index contributed by atoms with van der Waals surface area (Å²) in [5, 5.41) is 6.41. The Kier molecular flexibility index (Phi) is 7.74. The summed E-state index contributed by atoms with van der Waals surface area (Å²) >= 11 is 3.41. The molecule has 4 nitrogen and oxygen atoms in total. The lowest BCUT2D eigenvalue weighted by atomic mass is 9.96. The number of ether oxygens (including phenoxy) is 1. The molecule has 1 amide bonds. The van der Waals surface area contributed by atoms with Crippen LogP contribution in [0.4, 0.5) is 0 Å². The van der Waals surface area contributed by atoms with Crippen LogP contribution in [0.15, 0.2) is 28.7 Å². The molecular formula is C17H25BrN2O2. The summed E-state index contributed by atoms with van der Waals surface area (Å²) in [6.07, 6.45) is 4.88. The maximum absolute atomic E-state index is 11.8. The quantitative estimate of drug-likeness (QED) is 0.693. The molecule has 1 unspecified atom stereocenters. The van der Waals surface area contributed by atoms with Gasteiger partial charge in [0, 0.05) is 17.4 Å². The molecule has 0 aromatic heterocycles. The van der Waals surface area contributed by atoms with Gasteiger partial charge in [-0.15, -0.1) is 0 Å². The summed E-state index contributed by atoms with van der Waals surface area (Å²) in [5.41, 5.74) is 0. The molecule has 1 aromatic rings. The number of hydrogen-bond donors (Lipinski definition) is 2. The van der Waals surface area contributed by atoms with E-state index >= 15 is 0 Å². The van der Waals surface area contributed by atoms with Crippen LogP contribution in [0.5, 0.6) is 5.75 Å². The molecule has 0 bridgehead atoms. The summed E-state index contributed by atoms with van der Waals surface area (Å²) in [6, 6.07) is 7.75. The topological polar surface area (TPSA) is 50.4 Å². The Morgan fingerprint density at radius 2 is 2.36 bits per heavy atom. The Bertz CT molecular complexity index is 462. The number of amides is 1. The third-order valence-corrected chi connectivity index (χ3v) is 4.38. The molecule has 1 aromatic carbocycles. The lowest BCUT2D eigenvalue weighted by Crippen LogP contribution is -2.33. The zero-order valence-corrected chi connectivity index (χ0v) is 14.5. The largest absolute Gasteiger partial charge is 0.494 e. The summed E-state index contributed by atoms with van der Waals surface area (Å²) < 4.78 is 6.62. The number of nitrogens with one attached hydrogen (secondary N) is 2. The van der Waals surface area contributed by atoms with Crippen LogP contribution in [0, 0.1) is 5.92 Å². The van der Waals surface area contributed by atoms with Crippen molar-refractivity contribution in [1.82, 2.24) is 10.6 Å². The van der Waals surface area contributed by atoms with Gasteiger partial charge in [-0.1, -0.05) is 22.0 Å². The summed E-state index contributed by atoms with van der Waals surface area (Å²) in [6.45, 7) is 3.59. The zero-order chi connectivity index (χ0) is 15.6. The first-order chi connectivity index (χ1) is 10.7. The Morgan fingerprint density at radius 1 is 1.45 bits per heavy atom. The van der Waals surface area contributed by atoms with E-state index in [0.717, 1.165) is 42.7 Å². The molecule has 1 heterocycles. The monoisotopic (exact) mass is 368 g/mol. The highest BCUT2D eigenvalue weighted by Crippen LogP contribution is 2.18. The average Bonchev–Trinajstić information content (AvgIpc) is 2.53. The van der Waals surface area contributed by atoms with Crippen molar-refractivity contribution in [3.63, 3.8) is 0 Å². The Hall–Kier alpha value is -1.07. The number of benzene rings is 1. The van der Waals surface area contributed by atoms with E-state index in [4.69, 9.17) is 4.74 Å². The maximum Gasteiger partial charge on any atom is 0.220 e. The van der Waals surface area contributed by atoms with E-state index in [9.17, 15) is 4.79 Å². The summed E-state index contributed by atoms with van der Waals surface area (Å²) in [4.78, 5) is 11.8. The van der Waals surface area contributed by atoms with Gasteiger partial charge in [0.05, 0.1) is 6.61 Å². The van der Waals surface area contributed by atoms with Crippen molar-refractivity contribution < 1.29 is 9.53 Å². The molecule has 5 heteroatoms. The van der Waals surface area contributed by atoms with Gasteiger partial charge >= 0.3 is 0 Å². The molecule has 0 saturated carbocycles. The molecule has 1 fully saturated rings. The second-order valence-corrected chi connectivity index (χ2v) is 6.68. The third kappa shape index (κ3) is 6.79. The predicted octanol–water partition coefficient (Wildman–Crippen LogP) is 3.11. The second-order valence-electron chi connectivity index (χ2n) is 5.76. The lowest BCUT2D eigenvalue weighted by molar-refractivity contribution is -0.121. The first kappa shape index (κ1) is 17.3. The molecule has 0 spiro atoms. The minimum absolute atomic E-state index is 0.126. The molecule has 2 N–H and O–H groups in total. The van der Waals surface area contributed by atoms with Crippen molar-refractivity contribution in [2.24, 2.45) is 5.92 Å². The van der Waals surface area contributed by atoms with Crippen molar-refractivity contribution >= 4 is 21.8 Å². The van der Waals surface area contributed by atoms with Crippen molar-refractivity contribution in [2.45, 2.75) is 32.1 Å². The molecule has 0 radical (unpaired) electrons. The first-order valence-corrected chi connectivity index (χ1v) is 8.89. The van der Waals surface area contributed by atoms with Crippen molar-refractivity contribution in [1.29, 1.82) is 0 Å². The Balaban J connectivity index is 1.50. The van der Waals surface area contributed by atoms with Gasteiger partial charge in [0.25, 0.3) is 0 Å². The van der Waals surface area contributed by atoms with E-state index in [1.54, 1.807) is 0 Å². The van der Waals surface area contributed by atoms with E-state index in [2.05, 4.69) is 26.6 Å². The van der Waals surface area contributed by atoms with Gasteiger partial charge in [-0.2, -0.15) is 0 Å². The van der Waals surface area contributed by atoms with Gasteiger partial charge in [0.15, 0.2) is 0 Å². The minimum atomic E-state index is 0.126. The molecule has 1 aliphatic rings. The van der Waals surface area contributed by atoms with Crippen molar-refractivity contribution in [3.8, 4) is 5.75 Å². The highest BCUT2D eigenvalue weighted by molar-refractivity contribution is 9.10. The fraction of sp³-hybridized carbons (Fsp3) is 0.588. The van der Waals surface area contributed by atoms with Crippen molar-refractivity contribution in [2.75, 3.05) is 26.2 Å². The van der Waals surface area contributed by atoms with Crippen LogP contribution in [0.1, 0.15) is 32.1 Å². The Morgan fingerprint density at radius 3 is 3.14 bits per heavy atom. The number of hydrogen-bond acceptors (Lipinski definition) is 3. The maximum atomic E-state index is 11.8. The summed E-state index contributed by atoms with van der Waals surface area (Å²) in [5.74, 6) is 1.68. The zero-order valence-electron chi connectivity index (χ0n) is 12.9. The molecule has 122 valence electrons. The first-order valence-electron chi connectivity index (χ1n) is 8.10. The van der Waals surface area contributed by atoms with Crippen molar-refractivity contribution in [3.05, 3.63) is 28.7 Å². The van der Waals surface area contributed by atoms with Crippen LogP contribution in [0.2, 0.25) is 0 Å². The number of rotatable bonds is 8. The van der Waals surface area contributed by atoms with Crippen LogP contribution >= 0.6 is 15.9 Å². The molecule has 1 saturated heterocycles. The van der Waals surface area contributed by atoms with Gasteiger partial charge in [-0.25, -0.2) is 0 Å². The van der Waals surface area contributed by atoms with E-state index in [1.165, 1.54) is 12.8 Å². The van der Waals surface area contributed by atoms with Crippen LogP contribution in [-0.2, 0) is 4.79 Å². The van der Waals surface area contributed by atoms with E-state index in [1.807, 2.05) is 24.3 Å². The second kappa shape index (κ2) is 9.85. The van der Waals surface area contributed by atoms with E-state index in [0.29, 0.717) is 18.9 Å². The van der Waals surface area contributed by atoms with E-state index < -0.39 is 0 Å². The van der Waals surface area contributed by atoms with Gasteiger partial charge in [0.1, 0.15) is 5.75 Å². The smallest absolute Gasteiger partial charge is 0.220 e. The predicted molar refractivity (Wildman–Crippen MR) is 92.1 cm³/mol. The van der Waals surface area contributed by atoms with E-state index in [-0.39, 0.29) is 5.91 Å². The standard InChI is InChI=1S/C17H25BrN2O2/c18-15-5-1-6-16(12-15)22-11-3-7-17(21)20-10-8-14-4-2-9-19-13-14/h1,5-6,12,14,19H,2-4,7-11,13H2,(H,20,21). The van der Waals surface area contributed by atoms with Crippen LogP contribution in [0.25, 0.3) is 0 Å². The molecule has 1 atom stereocenters. The van der Waals surface area contributed by atoms with Crippen LogP contribution in [-0.4, -0.2) is 32.1 Å². The highest BCUT2D eigenvalue weighted by atomic mass is 79.9. The normalized spacial score (nSPS) is 18.0. The van der Waals surface area contributed by atoms with Crippen LogP contribution in [0.3, 0.4) is 0 Å². The molecule has 0 aliphatic carbocycles. The minimum Gasteiger partial charge on any atom is -0.494 e. The van der Waals surface area contributed by atoms with Gasteiger partial charge in [0.2, 0.25) is 5.91 Å². The van der Waals surface area contributed by atoms with Crippen LogP contribution < -0.4 is 15.4 Å².